The van der Waals surface area contributed by atoms with Crippen molar-refractivity contribution in [2.24, 2.45) is 0 Å². The normalized spacial score (nSPS) is 10.8. The lowest BCUT2D eigenvalue weighted by atomic mass is 10.2. The van der Waals surface area contributed by atoms with Crippen molar-refractivity contribution in [1.29, 1.82) is 0 Å². The molecule has 0 bridgehead atoms. The molecular weight excluding hydrogens is 218 g/mol. The first kappa shape index (κ1) is 9.71. The predicted molar refractivity (Wildman–Crippen MR) is 61.5 cm³/mol. The number of aromatic amines is 1. The van der Waals surface area contributed by atoms with Crippen LogP contribution in [0.15, 0.2) is 41.5 Å². The summed E-state index contributed by atoms with van der Waals surface area (Å²) in [5.74, 6) is 0. The minimum atomic E-state index is -0.187. The van der Waals surface area contributed by atoms with Gasteiger partial charge >= 0.3 is 0 Å². The van der Waals surface area contributed by atoms with Crippen LogP contribution in [-0.4, -0.2) is 25.0 Å². The van der Waals surface area contributed by atoms with Crippen molar-refractivity contribution >= 4 is 11.2 Å². The van der Waals surface area contributed by atoms with E-state index in [1.165, 1.54) is 10.9 Å². The van der Waals surface area contributed by atoms with Gasteiger partial charge in [-0.3, -0.25) is 9.36 Å². The molecule has 1 N–H and O–H groups in total. The number of fused-ring (bicyclic) bond motifs is 1. The Labute approximate surface area is 95.9 Å². The van der Waals surface area contributed by atoms with Crippen LogP contribution >= 0.6 is 0 Å². The molecule has 0 unspecified atom stereocenters. The van der Waals surface area contributed by atoms with Crippen molar-refractivity contribution in [2.45, 2.75) is 6.54 Å². The Kier molecular flexibility index (Phi) is 2.18. The summed E-state index contributed by atoms with van der Waals surface area (Å²) in [6.07, 6.45) is 1.49. The number of nitrogens with one attached hydrogen (secondary N) is 1. The van der Waals surface area contributed by atoms with Crippen LogP contribution in [0.4, 0.5) is 0 Å². The Balaban J connectivity index is 2.07. The smallest absolute Gasteiger partial charge is 0.283 e. The lowest BCUT2D eigenvalue weighted by Gasteiger charge is -2.03. The maximum atomic E-state index is 12.0. The molecule has 6 nitrogen and oxygen atoms in total. The quantitative estimate of drug-likeness (QED) is 0.694. The van der Waals surface area contributed by atoms with Crippen LogP contribution in [0, 0.1) is 0 Å². The first-order chi connectivity index (χ1) is 8.34. The maximum Gasteiger partial charge on any atom is 0.283 e. The van der Waals surface area contributed by atoms with Crippen LogP contribution in [0.2, 0.25) is 0 Å². The van der Waals surface area contributed by atoms with E-state index in [0.29, 0.717) is 12.2 Å². The molecule has 1 aromatic carbocycles. The van der Waals surface area contributed by atoms with E-state index in [0.717, 1.165) is 5.56 Å². The molecule has 0 amide bonds. The van der Waals surface area contributed by atoms with Gasteiger partial charge in [0, 0.05) is 0 Å². The third-order valence-electron chi connectivity index (χ3n) is 2.51. The highest BCUT2D eigenvalue weighted by Gasteiger charge is 2.07. The Hall–Kier alpha value is -2.50. The van der Waals surface area contributed by atoms with E-state index in [2.05, 4.69) is 20.4 Å². The van der Waals surface area contributed by atoms with E-state index >= 15 is 0 Å². The molecule has 0 saturated carbocycles. The zero-order chi connectivity index (χ0) is 11.7. The van der Waals surface area contributed by atoms with Crippen LogP contribution < -0.4 is 5.56 Å². The Morgan fingerprint density at radius 1 is 1.18 bits per heavy atom. The number of rotatable bonds is 2. The monoisotopic (exact) mass is 227 g/mol. The number of H-pyrrole nitrogens is 1. The summed E-state index contributed by atoms with van der Waals surface area (Å²) in [4.78, 5) is 16.1. The molecule has 2 heterocycles. The zero-order valence-electron chi connectivity index (χ0n) is 8.87. The number of aromatic nitrogens is 5. The van der Waals surface area contributed by atoms with Gasteiger partial charge in [0.2, 0.25) is 5.65 Å². The molecule has 3 rings (SSSR count). The molecule has 2 aromatic heterocycles. The van der Waals surface area contributed by atoms with Gasteiger partial charge in [-0.1, -0.05) is 30.3 Å². The van der Waals surface area contributed by atoms with E-state index < -0.39 is 0 Å². The largest absolute Gasteiger partial charge is 0.293 e. The molecule has 0 fully saturated rings. The molecule has 0 atom stereocenters. The maximum absolute atomic E-state index is 12.0. The van der Waals surface area contributed by atoms with Gasteiger partial charge in [-0.05, 0) is 5.56 Å². The zero-order valence-corrected chi connectivity index (χ0v) is 8.87. The third kappa shape index (κ3) is 1.69. The topological polar surface area (TPSA) is 76.5 Å². The summed E-state index contributed by atoms with van der Waals surface area (Å²) in [6, 6.07) is 9.72. The van der Waals surface area contributed by atoms with E-state index in [-0.39, 0.29) is 11.1 Å². The molecule has 0 saturated heterocycles. The lowest BCUT2D eigenvalue weighted by Crippen LogP contribution is -2.21. The molecule has 0 radical (unpaired) electrons. The molecule has 84 valence electrons. The van der Waals surface area contributed by atoms with Gasteiger partial charge in [-0.15, -0.1) is 10.2 Å². The number of benzene rings is 1. The van der Waals surface area contributed by atoms with E-state index in [9.17, 15) is 4.79 Å². The minimum Gasteiger partial charge on any atom is -0.293 e. The van der Waals surface area contributed by atoms with Crippen molar-refractivity contribution in [3.63, 3.8) is 0 Å². The van der Waals surface area contributed by atoms with Crippen molar-refractivity contribution < 1.29 is 0 Å². The highest BCUT2D eigenvalue weighted by Crippen LogP contribution is 2.01. The molecular formula is C11H9N5O. The Morgan fingerprint density at radius 3 is 2.82 bits per heavy atom. The van der Waals surface area contributed by atoms with Gasteiger partial charge in [0.05, 0.1) is 6.54 Å². The van der Waals surface area contributed by atoms with Crippen LogP contribution in [-0.2, 0) is 6.54 Å². The third-order valence-corrected chi connectivity index (χ3v) is 2.51. The van der Waals surface area contributed by atoms with Crippen LogP contribution in [0.1, 0.15) is 5.56 Å². The van der Waals surface area contributed by atoms with Crippen molar-refractivity contribution in [2.75, 3.05) is 0 Å². The van der Waals surface area contributed by atoms with Gasteiger partial charge in [0.15, 0.2) is 5.52 Å². The summed E-state index contributed by atoms with van der Waals surface area (Å²) < 4.78 is 1.51. The number of hydrogen-bond acceptors (Lipinski definition) is 4. The predicted octanol–water partition coefficient (Wildman–Crippen LogP) is 0.563. The van der Waals surface area contributed by atoms with Crippen LogP contribution in [0.5, 0.6) is 0 Å². The standard InChI is InChI=1S/C11H9N5O/c17-11-9-10(14-15-13-9)12-7-16(11)6-8-4-2-1-3-5-8/h1-5,7H,6H2,(H,13,14,15). The van der Waals surface area contributed by atoms with Crippen molar-refractivity contribution in [3.8, 4) is 0 Å². The fourth-order valence-corrected chi connectivity index (χ4v) is 1.66. The molecule has 17 heavy (non-hydrogen) atoms. The number of nitrogens with zero attached hydrogens (tertiary/aromatic N) is 4. The van der Waals surface area contributed by atoms with Gasteiger partial charge in [0.1, 0.15) is 6.33 Å². The average Bonchev–Trinajstić information content (AvgIpc) is 2.83. The summed E-state index contributed by atoms with van der Waals surface area (Å²) in [5.41, 5.74) is 1.47. The van der Waals surface area contributed by atoms with E-state index in [1.54, 1.807) is 0 Å². The summed E-state index contributed by atoms with van der Waals surface area (Å²) in [7, 11) is 0. The van der Waals surface area contributed by atoms with Gasteiger partial charge < -0.3 is 0 Å². The highest BCUT2D eigenvalue weighted by atomic mass is 16.1. The van der Waals surface area contributed by atoms with Crippen molar-refractivity contribution in [1.82, 2.24) is 25.0 Å². The molecule has 0 aliphatic carbocycles. The van der Waals surface area contributed by atoms with E-state index in [4.69, 9.17) is 0 Å². The van der Waals surface area contributed by atoms with Gasteiger partial charge in [-0.25, -0.2) is 4.98 Å². The molecule has 0 spiro atoms. The lowest BCUT2D eigenvalue weighted by molar-refractivity contribution is 0.746. The SMILES string of the molecule is O=c1c2n[nH]nc2ncn1Cc1ccccc1. The molecule has 0 aliphatic heterocycles. The summed E-state index contributed by atoms with van der Waals surface area (Å²) in [5, 5.41) is 9.95. The fourth-order valence-electron chi connectivity index (χ4n) is 1.66. The second-order valence-corrected chi connectivity index (χ2v) is 3.66. The van der Waals surface area contributed by atoms with E-state index in [1.807, 2.05) is 30.3 Å². The first-order valence-corrected chi connectivity index (χ1v) is 5.14. The molecule has 3 aromatic rings. The fraction of sp³-hybridized carbons (Fsp3) is 0.0909. The first-order valence-electron chi connectivity index (χ1n) is 5.14. The second kappa shape index (κ2) is 3.82. The van der Waals surface area contributed by atoms with Crippen molar-refractivity contribution in [3.05, 3.63) is 52.6 Å². The highest BCUT2D eigenvalue weighted by molar-refractivity contribution is 5.66. The Bertz CT molecular complexity index is 700. The second-order valence-electron chi connectivity index (χ2n) is 3.66. The minimum absolute atomic E-state index is 0.187. The molecule has 6 heteroatoms. The summed E-state index contributed by atoms with van der Waals surface area (Å²) in [6.45, 7) is 0.482. The molecule has 0 aliphatic rings. The van der Waals surface area contributed by atoms with Crippen LogP contribution in [0.3, 0.4) is 0 Å². The average molecular weight is 227 g/mol. The number of hydrogen-bond donors (Lipinski definition) is 1. The van der Waals surface area contributed by atoms with Gasteiger partial charge in [-0.2, -0.15) is 5.21 Å². The van der Waals surface area contributed by atoms with Crippen LogP contribution in [0.25, 0.3) is 11.2 Å². The Morgan fingerprint density at radius 2 is 2.00 bits per heavy atom. The summed E-state index contributed by atoms with van der Waals surface area (Å²) >= 11 is 0. The van der Waals surface area contributed by atoms with Gasteiger partial charge in [0.25, 0.3) is 5.56 Å².